The van der Waals surface area contributed by atoms with Gasteiger partial charge in [-0.3, -0.25) is 19.9 Å². The second-order valence-electron chi connectivity index (χ2n) is 18.0. The molecule has 7 aliphatic heterocycles. The number of benzene rings is 3. The van der Waals surface area contributed by atoms with Gasteiger partial charge in [0.1, 0.15) is 24.0 Å². The molecule has 3 aromatic rings. The van der Waals surface area contributed by atoms with Crippen LogP contribution in [0.15, 0.2) is 18.2 Å². The number of esters is 2. The molecular weight excluding hydrogens is 868 g/mol. The zero-order chi connectivity index (χ0) is 45.6. The number of carbonyl (C=O) groups is 3. The molecule has 4 bridgehead atoms. The lowest BCUT2D eigenvalue weighted by Crippen LogP contribution is -2.69. The van der Waals surface area contributed by atoms with Gasteiger partial charge in [0.2, 0.25) is 6.79 Å². The number of nitrogens with zero attached hydrogens (tertiary/aromatic N) is 3. The normalized spacial score (nSPS) is 26.7. The lowest BCUT2D eigenvalue weighted by molar-refractivity contribution is -0.157. The average molecular weight is 919 g/mol. The highest BCUT2D eigenvalue weighted by atomic mass is 35.5. The quantitative estimate of drug-likeness (QED) is 0.123. The maximum atomic E-state index is 15.1. The molecule has 1 spiro atoms. The second-order valence-corrected chi connectivity index (χ2v) is 19.5. The molecule has 16 nitrogen and oxygen atoms in total. The Morgan fingerprint density at radius 3 is 2.50 bits per heavy atom. The van der Waals surface area contributed by atoms with E-state index in [0.717, 1.165) is 16.7 Å². The fourth-order valence-corrected chi connectivity index (χ4v) is 12.6. The van der Waals surface area contributed by atoms with E-state index in [1.165, 1.54) is 26.0 Å². The lowest BCUT2D eigenvalue weighted by atomic mass is 9.71. The number of likely N-dealkylation sites (N-methyl/N-ethyl adjacent to an activating group) is 1. The fourth-order valence-electron chi connectivity index (χ4n) is 10.7. The molecular formula is C46H51ClN4O12S. The summed E-state index contributed by atoms with van der Waals surface area (Å²) in [5.41, 5.74) is 3.15. The van der Waals surface area contributed by atoms with Gasteiger partial charge in [0.25, 0.3) is 0 Å². The number of nitriles is 1. The molecule has 7 heterocycles. The van der Waals surface area contributed by atoms with Crippen LogP contribution in [0.25, 0.3) is 0 Å². The van der Waals surface area contributed by atoms with E-state index in [2.05, 4.69) is 21.2 Å². The van der Waals surface area contributed by atoms with Crippen LogP contribution in [0, 0.1) is 25.2 Å². The zero-order valence-corrected chi connectivity index (χ0v) is 38.5. The van der Waals surface area contributed by atoms with Gasteiger partial charge in [-0.05, 0) is 88.9 Å². The Morgan fingerprint density at radius 1 is 1.03 bits per heavy atom. The number of hydrogen-bond acceptors (Lipinski definition) is 17. The number of phenolic OH excluding ortho intramolecular Hbond substituents is 1. The number of hydrogen-bond donors (Lipinski definition) is 2. The predicted molar refractivity (Wildman–Crippen MR) is 233 cm³/mol. The van der Waals surface area contributed by atoms with Crippen molar-refractivity contribution in [1.82, 2.24) is 15.1 Å². The van der Waals surface area contributed by atoms with Crippen molar-refractivity contribution in [3.8, 4) is 46.3 Å². The minimum Gasteiger partial charge on any atom is -0.504 e. The summed E-state index contributed by atoms with van der Waals surface area (Å²) in [7, 11) is 4.95. The van der Waals surface area contributed by atoms with Crippen LogP contribution in [0.2, 0.25) is 0 Å². The predicted octanol–water partition coefficient (Wildman–Crippen LogP) is 6.20. The number of fused-ring (bicyclic) bond motifs is 9. The maximum Gasteiger partial charge on any atom is 0.514 e. The van der Waals surface area contributed by atoms with E-state index in [1.807, 2.05) is 27.0 Å². The highest BCUT2D eigenvalue weighted by Crippen LogP contribution is 2.64. The first-order valence-corrected chi connectivity index (χ1v) is 22.8. The molecule has 0 radical (unpaired) electrons. The summed E-state index contributed by atoms with van der Waals surface area (Å²) in [5.74, 6) is 0.802. The number of alkyl halides is 1. The Hall–Kier alpha value is -5.12. The van der Waals surface area contributed by atoms with Crippen molar-refractivity contribution in [2.24, 2.45) is 0 Å². The Balaban J connectivity index is 1.27. The first-order valence-electron chi connectivity index (χ1n) is 21.2. The molecule has 1 unspecified atom stereocenters. The van der Waals surface area contributed by atoms with Gasteiger partial charge in [0.15, 0.2) is 40.0 Å². The number of aromatic hydroxyl groups is 1. The number of phenols is 1. The van der Waals surface area contributed by atoms with Crippen molar-refractivity contribution < 1.29 is 57.4 Å². The highest BCUT2D eigenvalue weighted by molar-refractivity contribution is 7.99. The summed E-state index contributed by atoms with van der Waals surface area (Å²) < 4.78 is 47.9. The maximum absolute atomic E-state index is 15.1. The van der Waals surface area contributed by atoms with E-state index in [-0.39, 0.29) is 60.5 Å². The van der Waals surface area contributed by atoms with Crippen LogP contribution >= 0.6 is 23.4 Å². The molecule has 340 valence electrons. The molecule has 2 N–H and O–H groups in total. The molecule has 7 atom stereocenters. The van der Waals surface area contributed by atoms with Gasteiger partial charge in [-0.15, -0.1) is 23.4 Å². The van der Waals surface area contributed by atoms with Gasteiger partial charge in [0.05, 0.1) is 44.0 Å². The summed E-state index contributed by atoms with van der Waals surface area (Å²) in [4.78, 5) is 45.8. The summed E-state index contributed by atoms with van der Waals surface area (Å²) in [6, 6.07) is 5.03. The minimum atomic E-state index is -1.47. The molecule has 3 aromatic carbocycles. The fraction of sp³-hybridized carbons (Fsp3) is 0.522. The molecule has 0 amide bonds. The number of methoxy groups -OCH3 is 2. The first kappa shape index (κ1) is 44.1. The molecule has 0 aliphatic carbocycles. The van der Waals surface area contributed by atoms with Crippen molar-refractivity contribution in [2.75, 3.05) is 52.8 Å². The molecule has 7 aliphatic rings. The van der Waals surface area contributed by atoms with Crippen molar-refractivity contribution in [3.63, 3.8) is 0 Å². The van der Waals surface area contributed by atoms with E-state index >= 15 is 4.79 Å². The highest BCUT2D eigenvalue weighted by Gasteiger charge is 2.62. The van der Waals surface area contributed by atoms with Gasteiger partial charge in [0, 0.05) is 52.5 Å². The topological polar surface area (TPSA) is 188 Å². The van der Waals surface area contributed by atoms with Crippen molar-refractivity contribution in [2.45, 2.75) is 100 Å². The number of halogens is 1. The second kappa shape index (κ2) is 16.4. The van der Waals surface area contributed by atoms with Crippen LogP contribution in [0.1, 0.15) is 89.0 Å². The SMILES string of the molecule is COc1cc2c(cc1OC(=O)OC(C)(C)C)CCN[C@]21CS[C@@H]2c3c(OC(=O)CCCl)c(C)c4c(c3[C@H](COC1=O)N1C2[C@@H]2c3c(cc(C)c(OC)c3O)C[C@@H]([C@@H]1C#N)N2C)OCO4. The van der Waals surface area contributed by atoms with Gasteiger partial charge in [-0.25, -0.2) is 9.59 Å². The van der Waals surface area contributed by atoms with Crippen molar-refractivity contribution in [3.05, 3.63) is 62.7 Å². The zero-order valence-electron chi connectivity index (χ0n) is 36.9. The number of ether oxygens (including phenoxy) is 8. The Labute approximate surface area is 380 Å². The number of thioether (sulfide) groups is 1. The Morgan fingerprint density at radius 2 is 1.80 bits per heavy atom. The minimum absolute atomic E-state index is 0.0132. The number of nitrogens with one attached hydrogen (secondary N) is 1. The van der Waals surface area contributed by atoms with Crippen LogP contribution in [-0.4, -0.2) is 110 Å². The number of piperazine rings is 1. The van der Waals surface area contributed by atoms with E-state index in [1.54, 1.807) is 32.9 Å². The van der Waals surface area contributed by atoms with Crippen LogP contribution in [0.5, 0.6) is 40.2 Å². The van der Waals surface area contributed by atoms with E-state index in [4.69, 9.17) is 49.5 Å². The molecule has 2 saturated heterocycles. The summed E-state index contributed by atoms with van der Waals surface area (Å²) in [6.07, 6.45) is -0.0291. The van der Waals surface area contributed by atoms with Gasteiger partial charge >= 0.3 is 18.1 Å². The van der Waals surface area contributed by atoms with Crippen LogP contribution in [-0.2, 0) is 37.4 Å². The third-order valence-electron chi connectivity index (χ3n) is 13.3. The van der Waals surface area contributed by atoms with Gasteiger partial charge < -0.3 is 43.0 Å². The third kappa shape index (κ3) is 6.86. The molecule has 10 rings (SSSR count). The van der Waals surface area contributed by atoms with Gasteiger partial charge in [-0.1, -0.05) is 6.07 Å². The van der Waals surface area contributed by atoms with E-state index in [0.29, 0.717) is 64.5 Å². The molecule has 64 heavy (non-hydrogen) atoms. The van der Waals surface area contributed by atoms with Crippen LogP contribution in [0.4, 0.5) is 4.79 Å². The smallest absolute Gasteiger partial charge is 0.504 e. The van der Waals surface area contributed by atoms with E-state index < -0.39 is 58.7 Å². The Kier molecular flexibility index (Phi) is 11.3. The van der Waals surface area contributed by atoms with Crippen LogP contribution in [0.3, 0.4) is 0 Å². The molecule has 0 aromatic heterocycles. The van der Waals surface area contributed by atoms with Gasteiger partial charge in [-0.2, -0.15) is 5.26 Å². The van der Waals surface area contributed by atoms with Crippen molar-refractivity contribution >= 4 is 41.5 Å². The Bertz CT molecular complexity index is 2510. The number of aryl methyl sites for hydroxylation is 1. The standard InChI is InChI=1S/C46H51ClN4O12S/c1-21-13-24-14-26-27(17-48)51-28-18-58-43(54)46(25-16-29(56-7)30(15-23(25)10-12-49-46)61-44(55)63-45(3,4)5)19-64-42(36(51)35(50(26)6)32(24)37(53)38(21)57-8)34-33(28)41-40(59-20-60-41)22(2)39(34)62-31(52)9-11-47/h13,15-16,26-28,35-36,42,49,53H,9-12,14,18-20H2,1-8H3/t26-,27-,28-,35-,36?,42+,46+/m0/s1. The monoisotopic (exact) mass is 918 g/mol. The number of carbonyl (C=O) groups excluding carboxylic acids is 3. The molecule has 2 fully saturated rings. The van der Waals surface area contributed by atoms with E-state index in [9.17, 15) is 20.0 Å². The largest absolute Gasteiger partial charge is 0.514 e. The first-order chi connectivity index (χ1) is 30.6. The third-order valence-corrected chi connectivity index (χ3v) is 14.9. The lowest BCUT2D eigenvalue weighted by Gasteiger charge is -2.62. The molecule has 0 saturated carbocycles. The summed E-state index contributed by atoms with van der Waals surface area (Å²) in [6.45, 7) is 8.94. The summed E-state index contributed by atoms with van der Waals surface area (Å²) >= 11 is 7.52. The van der Waals surface area contributed by atoms with Crippen LogP contribution < -0.4 is 33.7 Å². The molecule has 18 heteroatoms. The summed E-state index contributed by atoms with van der Waals surface area (Å²) in [5, 5.41) is 26.3. The average Bonchev–Trinajstić information content (AvgIpc) is 3.73. The number of rotatable bonds is 6. The van der Waals surface area contributed by atoms with Crippen molar-refractivity contribution in [1.29, 1.82) is 5.26 Å².